The van der Waals surface area contributed by atoms with Gasteiger partial charge in [0.2, 0.25) is 0 Å². The summed E-state index contributed by atoms with van der Waals surface area (Å²) in [5, 5.41) is 9.51. The van der Waals surface area contributed by atoms with Gasteiger partial charge in [0.1, 0.15) is 6.04 Å². The van der Waals surface area contributed by atoms with Crippen LogP contribution in [0, 0.1) is 0 Å². The molecule has 1 unspecified atom stereocenters. The summed E-state index contributed by atoms with van der Waals surface area (Å²) in [5.74, 6) is 0.453. The summed E-state index contributed by atoms with van der Waals surface area (Å²) in [6, 6.07) is -0.981. The summed E-state index contributed by atoms with van der Waals surface area (Å²) in [6.45, 7) is 0. The van der Waals surface area contributed by atoms with Gasteiger partial charge in [-0.15, -0.1) is 0 Å². The van der Waals surface area contributed by atoms with Crippen LogP contribution in [0.2, 0.25) is 0 Å². The topological polar surface area (TPSA) is 109 Å². The van der Waals surface area contributed by atoms with Crippen molar-refractivity contribution in [2.75, 3.05) is 5.75 Å². The molecule has 0 bridgehead atoms. The molecule has 0 saturated carbocycles. The smallest absolute Gasteiger partial charge is 0.320 e. The zero-order valence-electron chi connectivity index (χ0n) is 12.3. The van der Waals surface area contributed by atoms with Crippen LogP contribution in [0.3, 0.4) is 0 Å². The van der Waals surface area contributed by atoms with Crippen molar-refractivity contribution in [3.05, 3.63) is 17.7 Å². The lowest BCUT2D eigenvalue weighted by molar-refractivity contribution is -0.138. The lowest BCUT2D eigenvalue weighted by Crippen LogP contribution is -2.32. The highest BCUT2D eigenvalue weighted by Gasteiger charge is 2.17. The van der Waals surface area contributed by atoms with E-state index in [2.05, 4.69) is 9.97 Å². The van der Waals surface area contributed by atoms with Gasteiger partial charge in [0, 0.05) is 35.7 Å². The molecule has 4 N–H and O–H groups in total. The summed E-state index contributed by atoms with van der Waals surface area (Å²) >= 11 is 0. The summed E-state index contributed by atoms with van der Waals surface area (Å²) in [5.41, 5.74) is 6.04. The molecule has 1 aliphatic rings. The van der Waals surface area contributed by atoms with Crippen molar-refractivity contribution in [3.8, 4) is 0 Å². The first-order valence-electron chi connectivity index (χ1n) is 7.40. The minimum absolute atomic E-state index is 0.0244. The Balaban J connectivity index is 1.70. The maximum absolute atomic E-state index is 12.0. The summed E-state index contributed by atoms with van der Waals surface area (Å²) in [4.78, 5) is 29.6. The Morgan fingerprint density at radius 2 is 2.32 bits per heavy atom. The molecule has 1 aliphatic heterocycles. The van der Waals surface area contributed by atoms with E-state index in [1.54, 1.807) is 0 Å². The van der Waals surface area contributed by atoms with Crippen LogP contribution >= 0.6 is 21.6 Å². The van der Waals surface area contributed by atoms with Crippen molar-refractivity contribution in [2.24, 2.45) is 5.73 Å². The van der Waals surface area contributed by atoms with Gasteiger partial charge in [-0.2, -0.15) is 0 Å². The molecule has 8 heteroatoms. The molecule has 1 fully saturated rings. The monoisotopic (exact) mass is 343 g/mol. The summed E-state index contributed by atoms with van der Waals surface area (Å²) in [7, 11) is 3.90. The lowest BCUT2D eigenvalue weighted by Gasteiger charge is -2.05. The van der Waals surface area contributed by atoms with Crippen LogP contribution in [-0.4, -0.2) is 43.9 Å². The first-order valence-corrected chi connectivity index (χ1v) is 9.78. The Morgan fingerprint density at radius 3 is 3.00 bits per heavy atom. The predicted octanol–water partition coefficient (Wildman–Crippen LogP) is 2.26. The Labute approximate surface area is 137 Å². The van der Waals surface area contributed by atoms with Crippen LogP contribution in [0.5, 0.6) is 0 Å². The normalized spacial score (nSPS) is 19.2. The number of carboxylic acids is 1. The van der Waals surface area contributed by atoms with E-state index in [0.717, 1.165) is 18.1 Å². The zero-order valence-corrected chi connectivity index (χ0v) is 13.9. The highest BCUT2D eigenvalue weighted by Crippen LogP contribution is 2.39. The fourth-order valence-electron chi connectivity index (χ4n) is 2.27. The van der Waals surface area contributed by atoms with E-state index in [4.69, 9.17) is 10.8 Å². The molecule has 2 rings (SSSR count). The number of hydrogen-bond acceptors (Lipinski definition) is 6. The fourth-order valence-corrected chi connectivity index (χ4v) is 5.30. The largest absolute Gasteiger partial charge is 0.480 e. The maximum Gasteiger partial charge on any atom is 0.320 e. The molecule has 0 aromatic carbocycles. The van der Waals surface area contributed by atoms with Gasteiger partial charge in [0.05, 0.1) is 0 Å². The average Bonchev–Trinajstić information content (AvgIpc) is 3.14. The van der Waals surface area contributed by atoms with Gasteiger partial charge in [-0.1, -0.05) is 28.0 Å². The molecule has 1 aromatic rings. The third-order valence-corrected chi connectivity index (χ3v) is 6.56. The number of hydrogen-bond donors (Lipinski definition) is 3. The van der Waals surface area contributed by atoms with Gasteiger partial charge >= 0.3 is 5.97 Å². The van der Waals surface area contributed by atoms with Crippen LogP contribution in [0.15, 0.2) is 6.20 Å². The maximum atomic E-state index is 12.0. The molecule has 0 spiro atoms. The van der Waals surface area contributed by atoms with Crippen molar-refractivity contribution in [2.45, 2.75) is 49.8 Å². The third kappa shape index (κ3) is 5.33. The van der Waals surface area contributed by atoms with E-state index in [0.29, 0.717) is 17.9 Å². The van der Waals surface area contributed by atoms with Gasteiger partial charge in [0.15, 0.2) is 11.6 Å². The van der Waals surface area contributed by atoms with E-state index < -0.39 is 12.0 Å². The standard InChI is InChI=1S/C14H21N3O3S2/c15-11(14(19)20)7-9-8-16-13(17-9)12(18)4-2-1-3-10-5-6-21-22-10/h8,10-11H,1-7,15H2,(H,16,17)(H,19,20)/t10?,11-/m0/s1. The van der Waals surface area contributed by atoms with Crippen LogP contribution < -0.4 is 5.73 Å². The number of carbonyl (C=O) groups is 2. The van der Waals surface area contributed by atoms with Crippen LogP contribution in [-0.2, 0) is 11.2 Å². The van der Waals surface area contributed by atoms with Crippen molar-refractivity contribution >= 4 is 33.3 Å². The van der Waals surface area contributed by atoms with E-state index >= 15 is 0 Å². The van der Waals surface area contributed by atoms with E-state index in [1.165, 1.54) is 24.8 Å². The number of aromatic nitrogens is 2. The zero-order chi connectivity index (χ0) is 15.9. The van der Waals surface area contributed by atoms with E-state index in [1.807, 2.05) is 21.6 Å². The van der Waals surface area contributed by atoms with Crippen LogP contribution in [0.25, 0.3) is 0 Å². The van der Waals surface area contributed by atoms with Crippen molar-refractivity contribution in [1.82, 2.24) is 9.97 Å². The quantitative estimate of drug-likeness (QED) is 0.358. The number of ketones is 1. The molecule has 0 radical (unpaired) electrons. The predicted molar refractivity (Wildman–Crippen MR) is 89.2 cm³/mol. The molecule has 6 nitrogen and oxygen atoms in total. The first kappa shape index (κ1) is 17.4. The van der Waals surface area contributed by atoms with Gasteiger partial charge in [-0.05, 0) is 19.3 Å². The van der Waals surface area contributed by atoms with E-state index in [9.17, 15) is 9.59 Å². The highest BCUT2D eigenvalue weighted by atomic mass is 33.1. The van der Waals surface area contributed by atoms with Gasteiger partial charge in [-0.3, -0.25) is 9.59 Å². The summed E-state index contributed by atoms with van der Waals surface area (Å²) in [6.07, 6.45) is 6.47. The number of carboxylic acid groups (broad SMARTS) is 1. The summed E-state index contributed by atoms with van der Waals surface area (Å²) < 4.78 is 0. The van der Waals surface area contributed by atoms with Crippen molar-refractivity contribution < 1.29 is 14.7 Å². The van der Waals surface area contributed by atoms with Crippen LogP contribution in [0.1, 0.15) is 48.4 Å². The number of nitrogens with zero attached hydrogens (tertiary/aromatic N) is 1. The third-order valence-electron chi connectivity index (χ3n) is 3.56. The van der Waals surface area contributed by atoms with Gasteiger partial charge in [-0.25, -0.2) is 4.98 Å². The SMILES string of the molecule is N[C@@H](Cc1cnc(C(=O)CCCCC2CCSS2)[nH]1)C(=O)O. The minimum atomic E-state index is -1.06. The minimum Gasteiger partial charge on any atom is -0.480 e. The second kappa shape index (κ2) is 8.59. The number of rotatable bonds is 9. The van der Waals surface area contributed by atoms with Gasteiger partial charge < -0.3 is 15.8 Å². The van der Waals surface area contributed by atoms with E-state index in [-0.39, 0.29) is 12.2 Å². The molecule has 0 amide bonds. The molecule has 2 atom stereocenters. The molecule has 0 aliphatic carbocycles. The number of unbranched alkanes of at least 4 members (excludes halogenated alkanes) is 1. The molecular formula is C14H21N3O3S2. The number of imidazole rings is 1. The molecule has 1 saturated heterocycles. The lowest BCUT2D eigenvalue weighted by atomic mass is 10.1. The Bertz CT molecular complexity index is 515. The van der Waals surface area contributed by atoms with Gasteiger partial charge in [0.25, 0.3) is 0 Å². The number of nitrogens with one attached hydrogen (secondary N) is 1. The molecule has 1 aromatic heterocycles. The van der Waals surface area contributed by atoms with Crippen molar-refractivity contribution in [1.29, 1.82) is 0 Å². The number of aliphatic carboxylic acids is 1. The highest BCUT2D eigenvalue weighted by molar-refractivity contribution is 8.77. The Kier molecular flexibility index (Phi) is 6.78. The molecule has 122 valence electrons. The number of aromatic amines is 1. The fraction of sp³-hybridized carbons (Fsp3) is 0.643. The number of carbonyl (C=O) groups excluding carboxylic acids is 1. The second-order valence-corrected chi connectivity index (χ2v) is 8.19. The molecule has 22 heavy (non-hydrogen) atoms. The first-order chi connectivity index (χ1) is 10.6. The Hall–Kier alpha value is -0.990. The second-order valence-electron chi connectivity index (χ2n) is 5.40. The number of nitrogens with two attached hydrogens (primary N) is 1. The van der Waals surface area contributed by atoms with Crippen LogP contribution in [0.4, 0.5) is 0 Å². The molecular weight excluding hydrogens is 322 g/mol. The van der Waals surface area contributed by atoms with Crippen molar-refractivity contribution in [3.63, 3.8) is 0 Å². The average molecular weight is 343 g/mol. The Morgan fingerprint density at radius 1 is 1.50 bits per heavy atom. The molecule has 2 heterocycles. The number of H-pyrrole nitrogens is 1. The number of Topliss-reactive ketones (excluding diaryl/α,β-unsaturated/α-hetero) is 1.